The molecule has 1 heterocycles. The number of nitrogens with one attached hydrogen (secondary N) is 2. The maximum Gasteiger partial charge on any atom is 0.160 e. The van der Waals surface area contributed by atoms with Gasteiger partial charge in [0.25, 0.3) is 0 Å². The summed E-state index contributed by atoms with van der Waals surface area (Å²) in [6.07, 6.45) is 2.10. The first kappa shape index (κ1) is 19.3. The highest BCUT2D eigenvalue weighted by Gasteiger charge is 2.07. The molecular formula is C20H20F2N4O2. The van der Waals surface area contributed by atoms with E-state index in [1.165, 1.54) is 18.5 Å². The summed E-state index contributed by atoms with van der Waals surface area (Å²) >= 11 is 0. The molecule has 0 radical (unpaired) electrons. The van der Waals surface area contributed by atoms with Crippen LogP contribution in [0.4, 0.5) is 26.1 Å². The van der Waals surface area contributed by atoms with E-state index >= 15 is 0 Å². The fourth-order valence-electron chi connectivity index (χ4n) is 2.62. The standard InChI is InChI=1S/C20H20F2N4O2/c1-27-17-6-3-13(9-18(17)28-2)7-8-23-19-11-20(25-12-24-19)26-16-5-4-14(21)10-15(16)22/h3-6,9-12H,7-8H2,1-2H3,(H2,23,24,25,26). The number of rotatable bonds is 8. The maximum absolute atomic E-state index is 13.8. The Balaban J connectivity index is 1.60. The van der Waals surface area contributed by atoms with Gasteiger partial charge in [0.2, 0.25) is 0 Å². The second kappa shape index (κ2) is 8.98. The van der Waals surface area contributed by atoms with Crippen LogP contribution in [-0.2, 0) is 6.42 Å². The zero-order valence-electron chi connectivity index (χ0n) is 15.5. The number of halogens is 2. The maximum atomic E-state index is 13.8. The van der Waals surface area contributed by atoms with E-state index in [0.29, 0.717) is 29.7 Å². The van der Waals surface area contributed by atoms with Crippen LogP contribution in [0.1, 0.15) is 5.56 Å². The van der Waals surface area contributed by atoms with E-state index in [-0.39, 0.29) is 5.69 Å². The second-order valence-corrected chi connectivity index (χ2v) is 5.90. The lowest BCUT2D eigenvalue weighted by Crippen LogP contribution is -2.07. The average molecular weight is 386 g/mol. The van der Waals surface area contributed by atoms with Gasteiger partial charge >= 0.3 is 0 Å². The van der Waals surface area contributed by atoms with Crippen molar-refractivity contribution in [2.24, 2.45) is 0 Å². The van der Waals surface area contributed by atoms with Gasteiger partial charge in [0.05, 0.1) is 19.9 Å². The van der Waals surface area contributed by atoms with Gasteiger partial charge in [0, 0.05) is 18.7 Å². The van der Waals surface area contributed by atoms with E-state index < -0.39 is 11.6 Å². The van der Waals surface area contributed by atoms with Crippen molar-refractivity contribution in [3.63, 3.8) is 0 Å². The van der Waals surface area contributed by atoms with Crippen LogP contribution >= 0.6 is 0 Å². The van der Waals surface area contributed by atoms with E-state index in [9.17, 15) is 8.78 Å². The molecule has 0 saturated heterocycles. The minimum absolute atomic E-state index is 0.136. The number of aromatic nitrogens is 2. The lowest BCUT2D eigenvalue weighted by Gasteiger charge is -2.11. The number of hydrogen-bond acceptors (Lipinski definition) is 6. The molecule has 0 spiro atoms. The molecule has 3 rings (SSSR count). The molecule has 2 N–H and O–H groups in total. The van der Waals surface area contributed by atoms with Crippen molar-refractivity contribution >= 4 is 17.3 Å². The molecule has 0 aliphatic heterocycles. The first-order valence-corrected chi connectivity index (χ1v) is 8.58. The predicted octanol–water partition coefficient (Wildman–Crippen LogP) is 4.17. The van der Waals surface area contributed by atoms with Crippen molar-refractivity contribution in [3.8, 4) is 11.5 Å². The zero-order chi connectivity index (χ0) is 19.9. The van der Waals surface area contributed by atoms with E-state index in [1.807, 2.05) is 18.2 Å². The van der Waals surface area contributed by atoms with Crippen molar-refractivity contribution in [1.82, 2.24) is 9.97 Å². The highest BCUT2D eigenvalue weighted by atomic mass is 19.1. The smallest absolute Gasteiger partial charge is 0.160 e. The van der Waals surface area contributed by atoms with Gasteiger partial charge in [-0.05, 0) is 36.2 Å². The van der Waals surface area contributed by atoms with Gasteiger partial charge in [-0.1, -0.05) is 6.07 Å². The fourth-order valence-corrected chi connectivity index (χ4v) is 2.62. The third-order valence-electron chi connectivity index (χ3n) is 4.03. The SMILES string of the molecule is COc1ccc(CCNc2cc(Nc3ccc(F)cc3F)ncn2)cc1OC. The summed E-state index contributed by atoms with van der Waals surface area (Å²) in [4.78, 5) is 8.20. The molecule has 146 valence electrons. The van der Waals surface area contributed by atoms with Crippen molar-refractivity contribution in [3.05, 3.63) is 66.0 Å². The zero-order valence-corrected chi connectivity index (χ0v) is 15.5. The molecule has 0 amide bonds. The number of benzene rings is 2. The molecule has 2 aromatic carbocycles. The van der Waals surface area contributed by atoms with Crippen LogP contribution in [0.15, 0.2) is 48.8 Å². The number of anilines is 3. The molecular weight excluding hydrogens is 366 g/mol. The summed E-state index contributed by atoms with van der Waals surface area (Å²) in [6.45, 7) is 0.622. The quantitative estimate of drug-likeness (QED) is 0.606. The summed E-state index contributed by atoms with van der Waals surface area (Å²) in [7, 11) is 3.19. The monoisotopic (exact) mass is 386 g/mol. The van der Waals surface area contributed by atoms with Crippen LogP contribution in [0.25, 0.3) is 0 Å². The van der Waals surface area contributed by atoms with E-state index in [1.54, 1.807) is 20.3 Å². The molecule has 0 bridgehead atoms. The highest BCUT2D eigenvalue weighted by Crippen LogP contribution is 2.27. The first-order valence-electron chi connectivity index (χ1n) is 8.58. The molecule has 0 aliphatic carbocycles. The number of hydrogen-bond donors (Lipinski definition) is 2. The summed E-state index contributed by atoms with van der Waals surface area (Å²) in [6, 6.07) is 10.7. The molecule has 0 aliphatic rings. The molecule has 6 nitrogen and oxygen atoms in total. The van der Waals surface area contributed by atoms with E-state index in [4.69, 9.17) is 9.47 Å². The Morgan fingerprint density at radius 1 is 0.893 bits per heavy atom. The third kappa shape index (κ3) is 4.85. The van der Waals surface area contributed by atoms with Crippen LogP contribution in [-0.4, -0.2) is 30.7 Å². The van der Waals surface area contributed by atoms with Gasteiger partial charge in [-0.3, -0.25) is 0 Å². The van der Waals surface area contributed by atoms with Crippen molar-refractivity contribution < 1.29 is 18.3 Å². The lowest BCUT2D eigenvalue weighted by atomic mass is 10.1. The summed E-state index contributed by atoms with van der Waals surface area (Å²) < 4.78 is 37.3. The Kier molecular flexibility index (Phi) is 6.21. The van der Waals surface area contributed by atoms with Gasteiger partial charge in [-0.15, -0.1) is 0 Å². The summed E-state index contributed by atoms with van der Waals surface area (Å²) in [5, 5.41) is 6.00. The minimum Gasteiger partial charge on any atom is -0.493 e. The second-order valence-electron chi connectivity index (χ2n) is 5.90. The molecule has 0 fully saturated rings. The van der Waals surface area contributed by atoms with Crippen LogP contribution < -0.4 is 20.1 Å². The topological polar surface area (TPSA) is 68.3 Å². The molecule has 0 atom stereocenters. The Morgan fingerprint density at radius 2 is 1.68 bits per heavy atom. The van der Waals surface area contributed by atoms with Crippen LogP contribution in [0.2, 0.25) is 0 Å². The predicted molar refractivity (Wildman–Crippen MR) is 103 cm³/mol. The van der Waals surface area contributed by atoms with Gasteiger partial charge in [0.1, 0.15) is 29.6 Å². The Hall–Kier alpha value is -3.42. The number of methoxy groups -OCH3 is 2. The fraction of sp³-hybridized carbons (Fsp3) is 0.200. The number of nitrogens with zero attached hydrogens (tertiary/aromatic N) is 2. The summed E-state index contributed by atoms with van der Waals surface area (Å²) in [5.74, 6) is 1.01. The van der Waals surface area contributed by atoms with Gasteiger partial charge < -0.3 is 20.1 Å². The molecule has 0 saturated carbocycles. The summed E-state index contributed by atoms with van der Waals surface area (Å²) in [5.41, 5.74) is 1.21. The largest absolute Gasteiger partial charge is 0.493 e. The Morgan fingerprint density at radius 3 is 2.43 bits per heavy atom. The van der Waals surface area contributed by atoms with Crippen molar-refractivity contribution in [2.45, 2.75) is 6.42 Å². The molecule has 0 unspecified atom stereocenters. The van der Waals surface area contributed by atoms with E-state index in [0.717, 1.165) is 18.1 Å². The number of ether oxygens (including phenoxy) is 2. The normalized spacial score (nSPS) is 10.4. The Bertz CT molecular complexity index is 953. The lowest BCUT2D eigenvalue weighted by molar-refractivity contribution is 0.354. The van der Waals surface area contributed by atoms with E-state index in [2.05, 4.69) is 20.6 Å². The minimum atomic E-state index is -0.693. The third-order valence-corrected chi connectivity index (χ3v) is 4.03. The van der Waals surface area contributed by atoms with Crippen molar-refractivity contribution in [1.29, 1.82) is 0 Å². The van der Waals surface area contributed by atoms with Crippen LogP contribution in [0.5, 0.6) is 11.5 Å². The average Bonchev–Trinajstić information content (AvgIpc) is 2.70. The van der Waals surface area contributed by atoms with Crippen LogP contribution in [0.3, 0.4) is 0 Å². The van der Waals surface area contributed by atoms with Gasteiger partial charge in [0.15, 0.2) is 11.5 Å². The van der Waals surface area contributed by atoms with Crippen LogP contribution in [0, 0.1) is 11.6 Å². The molecule has 8 heteroatoms. The highest BCUT2D eigenvalue weighted by molar-refractivity contribution is 5.59. The first-order chi connectivity index (χ1) is 13.6. The molecule has 28 heavy (non-hydrogen) atoms. The van der Waals surface area contributed by atoms with Gasteiger partial charge in [-0.2, -0.15) is 0 Å². The molecule has 3 aromatic rings. The Labute approximate surface area is 161 Å². The molecule has 1 aromatic heterocycles. The van der Waals surface area contributed by atoms with Gasteiger partial charge in [-0.25, -0.2) is 18.7 Å². The van der Waals surface area contributed by atoms with Crippen molar-refractivity contribution in [2.75, 3.05) is 31.4 Å².